The van der Waals surface area contributed by atoms with Gasteiger partial charge >= 0.3 is 0 Å². The van der Waals surface area contributed by atoms with Crippen molar-refractivity contribution in [1.29, 1.82) is 0 Å². The molecule has 5 rings (SSSR count). The van der Waals surface area contributed by atoms with Crippen molar-refractivity contribution in [1.82, 2.24) is 4.98 Å². The van der Waals surface area contributed by atoms with Crippen molar-refractivity contribution in [3.63, 3.8) is 0 Å². The molecule has 6 nitrogen and oxygen atoms in total. The van der Waals surface area contributed by atoms with Crippen LogP contribution in [0.4, 0.5) is 5.69 Å². The lowest BCUT2D eigenvalue weighted by Gasteiger charge is -2.15. The fourth-order valence-corrected chi connectivity index (χ4v) is 4.54. The normalized spacial score (nSPS) is 11.6. The quantitative estimate of drug-likeness (QED) is 0.240. The summed E-state index contributed by atoms with van der Waals surface area (Å²) < 4.78 is 17.3. The summed E-state index contributed by atoms with van der Waals surface area (Å²) in [7, 11) is 1.65. The van der Waals surface area contributed by atoms with Gasteiger partial charge in [0, 0.05) is 45.4 Å². The van der Waals surface area contributed by atoms with E-state index in [9.17, 15) is 4.79 Å². The number of hydrogen-bond donors (Lipinski definition) is 1. The van der Waals surface area contributed by atoms with Crippen molar-refractivity contribution >= 4 is 39.0 Å². The predicted octanol–water partition coefficient (Wildman–Crippen LogP) is 7.41. The minimum atomic E-state index is -0.219. The molecule has 3 aromatic carbocycles. The number of methoxy groups -OCH3 is 1. The summed E-state index contributed by atoms with van der Waals surface area (Å²) in [5.41, 5.74) is 6.86. The van der Waals surface area contributed by atoms with Gasteiger partial charge in [-0.05, 0) is 74.4 Å². The highest BCUT2D eigenvalue weighted by molar-refractivity contribution is 6.06. The Morgan fingerprint density at radius 2 is 1.92 bits per heavy atom. The fourth-order valence-electron chi connectivity index (χ4n) is 4.54. The summed E-state index contributed by atoms with van der Waals surface area (Å²) in [6, 6.07) is 19.4. The molecule has 0 atom stereocenters. The van der Waals surface area contributed by atoms with Crippen LogP contribution >= 0.6 is 0 Å². The van der Waals surface area contributed by atoms with Gasteiger partial charge in [-0.25, -0.2) is 0 Å². The molecule has 0 saturated carbocycles. The number of nitrogens with one attached hydrogen (secondary N) is 1. The second-order valence-electron chi connectivity index (χ2n) is 8.79. The Morgan fingerprint density at radius 3 is 2.68 bits per heavy atom. The van der Waals surface area contributed by atoms with Crippen LogP contribution in [0.1, 0.15) is 25.0 Å². The van der Waals surface area contributed by atoms with Crippen LogP contribution in [0.3, 0.4) is 0 Å². The van der Waals surface area contributed by atoms with Gasteiger partial charge in [0.2, 0.25) is 5.91 Å². The Balaban J connectivity index is 1.52. The highest BCUT2D eigenvalue weighted by atomic mass is 16.5. The van der Waals surface area contributed by atoms with Crippen molar-refractivity contribution in [3.8, 4) is 22.6 Å². The van der Waals surface area contributed by atoms with Crippen LogP contribution in [0.15, 0.2) is 83.6 Å². The smallest absolute Gasteiger partial charge is 0.248 e. The number of benzene rings is 3. The fraction of sp³-hybridized carbons (Fsp3) is 0.161. The van der Waals surface area contributed by atoms with Gasteiger partial charge in [0.05, 0.1) is 25.5 Å². The van der Waals surface area contributed by atoms with E-state index >= 15 is 0 Å². The van der Waals surface area contributed by atoms with Gasteiger partial charge in [-0.15, -0.1) is 0 Å². The second-order valence-corrected chi connectivity index (χ2v) is 8.79. The molecule has 1 amide bonds. The molecule has 0 aliphatic heterocycles. The summed E-state index contributed by atoms with van der Waals surface area (Å²) in [5, 5.41) is 4.89. The Labute approximate surface area is 215 Å². The molecule has 37 heavy (non-hydrogen) atoms. The first-order valence-corrected chi connectivity index (χ1v) is 12.1. The highest BCUT2D eigenvalue weighted by Crippen LogP contribution is 2.41. The molecule has 1 N–H and O–H groups in total. The molecule has 0 saturated heterocycles. The Kier molecular flexibility index (Phi) is 6.64. The van der Waals surface area contributed by atoms with E-state index in [1.807, 2.05) is 81.4 Å². The maximum Gasteiger partial charge on any atom is 0.248 e. The summed E-state index contributed by atoms with van der Waals surface area (Å²) in [5.74, 6) is 1.28. The lowest BCUT2D eigenvalue weighted by molar-refractivity contribution is -0.111. The van der Waals surface area contributed by atoms with Crippen LogP contribution in [-0.4, -0.2) is 24.6 Å². The van der Waals surface area contributed by atoms with Gasteiger partial charge in [0.25, 0.3) is 0 Å². The number of carbonyl (C=O) groups excluding carboxylic acids is 1. The van der Waals surface area contributed by atoms with Crippen molar-refractivity contribution in [3.05, 3.63) is 90.3 Å². The number of hydrogen-bond acceptors (Lipinski definition) is 5. The van der Waals surface area contributed by atoms with Crippen molar-refractivity contribution in [2.24, 2.45) is 0 Å². The number of allylic oxidation sites excluding steroid dienone is 1. The third kappa shape index (κ3) is 4.78. The number of pyridine rings is 1. The first-order chi connectivity index (χ1) is 18.0. The maximum atomic E-state index is 13.0. The minimum Gasteiger partial charge on any atom is -0.497 e. The van der Waals surface area contributed by atoms with E-state index in [1.165, 1.54) is 0 Å². The molecule has 2 heterocycles. The van der Waals surface area contributed by atoms with Crippen LogP contribution in [-0.2, 0) is 4.79 Å². The lowest BCUT2D eigenvalue weighted by Crippen LogP contribution is -2.09. The zero-order valence-electron chi connectivity index (χ0n) is 21.3. The number of nitrogens with zero attached hydrogens (tertiary/aromatic N) is 1. The molecule has 0 bridgehead atoms. The largest absolute Gasteiger partial charge is 0.497 e. The molecule has 0 unspecified atom stereocenters. The van der Waals surface area contributed by atoms with Gasteiger partial charge in [-0.3, -0.25) is 9.78 Å². The van der Waals surface area contributed by atoms with Crippen LogP contribution in [0.25, 0.3) is 38.6 Å². The van der Waals surface area contributed by atoms with Gasteiger partial charge in [-0.1, -0.05) is 18.2 Å². The maximum absolute atomic E-state index is 13.0. The van der Waals surface area contributed by atoms with E-state index in [4.69, 9.17) is 13.9 Å². The first kappa shape index (κ1) is 24.1. The Morgan fingerprint density at radius 1 is 1.11 bits per heavy atom. The topological polar surface area (TPSA) is 73.6 Å². The molecule has 6 heteroatoms. The predicted molar refractivity (Wildman–Crippen MR) is 148 cm³/mol. The molecular formula is C31H28N2O4. The summed E-state index contributed by atoms with van der Waals surface area (Å²) >= 11 is 0. The molecule has 0 spiro atoms. The molecule has 0 radical (unpaired) electrons. The van der Waals surface area contributed by atoms with E-state index in [2.05, 4.69) is 10.3 Å². The number of carbonyl (C=O) groups is 1. The van der Waals surface area contributed by atoms with Crippen molar-refractivity contribution in [2.75, 3.05) is 19.0 Å². The SMILES string of the molecule is CCOc1c(/C(C)=C/C(=O)Nc2ccc3ncccc3c2)cc2c(-c3ccc(OC)cc3)coc2c1C. The Hall–Kier alpha value is -4.58. The van der Waals surface area contributed by atoms with E-state index in [0.717, 1.165) is 55.4 Å². The number of furan rings is 1. The molecule has 186 valence electrons. The number of aryl methyl sites for hydroxylation is 1. The molecule has 0 aliphatic carbocycles. The second kappa shape index (κ2) is 10.2. The molecule has 2 aromatic heterocycles. The number of fused-ring (bicyclic) bond motifs is 2. The van der Waals surface area contributed by atoms with E-state index < -0.39 is 0 Å². The first-order valence-electron chi connectivity index (χ1n) is 12.1. The van der Waals surface area contributed by atoms with Crippen LogP contribution in [0, 0.1) is 6.92 Å². The number of anilines is 1. The van der Waals surface area contributed by atoms with Gasteiger partial charge < -0.3 is 19.2 Å². The number of aromatic nitrogens is 1. The minimum absolute atomic E-state index is 0.219. The number of ether oxygens (including phenoxy) is 2. The summed E-state index contributed by atoms with van der Waals surface area (Å²) in [4.78, 5) is 17.3. The van der Waals surface area contributed by atoms with E-state index in [-0.39, 0.29) is 5.91 Å². The Bertz CT molecular complexity index is 1630. The molecular weight excluding hydrogens is 464 g/mol. The van der Waals surface area contributed by atoms with Crippen LogP contribution < -0.4 is 14.8 Å². The van der Waals surface area contributed by atoms with Crippen LogP contribution in [0.2, 0.25) is 0 Å². The summed E-state index contributed by atoms with van der Waals surface area (Å²) in [6.07, 6.45) is 5.12. The lowest BCUT2D eigenvalue weighted by atomic mass is 9.96. The highest BCUT2D eigenvalue weighted by Gasteiger charge is 2.19. The monoisotopic (exact) mass is 492 g/mol. The van der Waals surface area contributed by atoms with Crippen molar-refractivity contribution in [2.45, 2.75) is 20.8 Å². The number of rotatable bonds is 7. The summed E-state index contributed by atoms with van der Waals surface area (Å²) in [6.45, 7) is 6.34. The van der Waals surface area contributed by atoms with E-state index in [0.29, 0.717) is 18.0 Å². The standard InChI is InChI=1S/C31H28N2O4/c1-5-36-30-20(3)31-26(27(18-37-31)21-8-11-24(35-4)12-9-21)17-25(30)19(2)15-29(34)33-23-10-13-28-22(16-23)7-6-14-32-28/h6-18H,5H2,1-4H3,(H,33,34)/b19-15+. The third-order valence-electron chi connectivity index (χ3n) is 6.38. The van der Waals surface area contributed by atoms with E-state index in [1.54, 1.807) is 25.6 Å². The molecule has 0 fully saturated rings. The van der Waals surface area contributed by atoms with Gasteiger partial charge in [0.1, 0.15) is 17.1 Å². The van der Waals surface area contributed by atoms with Gasteiger partial charge in [0.15, 0.2) is 0 Å². The van der Waals surface area contributed by atoms with Gasteiger partial charge in [-0.2, -0.15) is 0 Å². The zero-order valence-corrected chi connectivity index (χ0v) is 21.3. The average Bonchev–Trinajstić information content (AvgIpc) is 3.34. The molecule has 5 aromatic rings. The van der Waals surface area contributed by atoms with Crippen LogP contribution in [0.5, 0.6) is 11.5 Å². The third-order valence-corrected chi connectivity index (χ3v) is 6.38. The zero-order chi connectivity index (χ0) is 25.9. The number of amides is 1. The van der Waals surface area contributed by atoms with Crippen molar-refractivity contribution < 1.29 is 18.7 Å². The average molecular weight is 493 g/mol. The molecule has 0 aliphatic rings.